The molecular weight excluding hydrogens is 464 g/mol. The molecule has 0 aromatic heterocycles. The minimum absolute atomic E-state index is 0.0286. The van der Waals surface area contributed by atoms with Gasteiger partial charge in [0.15, 0.2) is 17.3 Å². The highest BCUT2D eigenvalue weighted by atomic mass is 16.7. The molecule has 1 fully saturated rings. The number of rotatable bonds is 9. The number of phenols is 1. The number of carbonyl (C=O) groups excluding carboxylic acids is 1. The van der Waals surface area contributed by atoms with Crippen molar-refractivity contribution in [3.8, 4) is 28.7 Å². The molecule has 1 heterocycles. The summed E-state index contributed by atoms with van der Waals surface area (Å²) in [4.78, 5) is 12.7. The summed E-state index contributed by atoms with van der Waals surface area (Å²) in [5, 5.41) is 49.6. The van der Waals surface area contributed by atoms with E-state index in [-0.39, 0.29) is 28.6 Å². The van der Waals surface area contributed by atoms with Crippen LogP contribution in [0.5, 0.6) is 28.7 Å². The van der Waals surface area contributed by atoms with Crippen molar-refractivity contribution in [2.45, 2.75) is 30.7 Å². The van der Waals surface area contributed by atoms with Crippen LogP contribution >= 0.6 is 0 Å². The van der Waals surface area contributed by atoms with Crippen molar-refractivity contribution in [3.05, 3.63) is 47.5 Å². The summed E-state index contributed by atoms with van der Waals surface area (Å²) < 4.78 is 26.6. The zero-order chi connectivity index (χ0) is 25.7. The topological polar surface area (TPSA) is 164 Å². The predicted octanol–water partition coefficient (Wildman–Crippen LogP) is 0.493. The predicted molar refractivity (Wildman–Crippen MR) is 122 cm³/mol. The third-order valence-electron chi connectivity index (χ3n) is 5.46. The van der Waals surface area contributed by atoms with Crippen molar-refractivity contribution in [2.75, 3.05) is 27.9 Å². The van der Waals surface area contributed by atoms with Gasteiger partial charge in [0, 0.05) is 12.1 Å². The number of allylic oxidation sites excluding steroid dienone is 1. The second-order valence-corrected chi connectivity index (χ2v) is 7.65. The van der Waals surface area contributed by atoms with Gasteiger partial charge in [-0.1, -0.05) is 12.1 Å². The van der Waals surface area contributed by atoms with Gasteiger partial charge in [0.2, 0.25) is 6.29 Å². The van der Waals surface area contributed by atoms with Crippen molar-refractivity contribution < 1.29 is 54.0 Å². The van der Waals surface area contributed by atoms with Crippen LogP contribution in [0.3, 0.4) is 0 Å². The molecule has 2 aromatic rings. The van der Waals surface area contributed by atoms with E-state index in [2.05, 4.69) is 0 Å². The molecule has 0 bridgehead atoms. The maximum Gasteiger partial charge on any atom is 0.229 e. The second-order valence-electron chi connectivity index (χ2n) is 7.65. The first-order valence-electron chi connectivity index (χ1n) is 10.6. The van der Waals surface area contributed by atoms with Crippen LogP contribution in [0, 0.1) is 0 Å². The number of ketones is 1. The largest absolute Gasteiger partial charge is 0.507 e. The molecular formula is C24H28O11. The Labute approximate surface area is 201 Å². The first-order valence-corrected chi connectivity index (χ1v) is 10.6. The standard InChI is InChI=1S/C24H28O11/c1-31-13-9-15(27)20(18(10-13)33-3)14(26)6-4-12-5-7-16(17(8-12)32-2)34-24-23(30)22(29)21(28)19(11-25)35-24/h4-10,19,21-25,27-30H,11H2,1-3H3/b6-4+. The quantitative estimate of drug-likeness (QED) is 0.244. The van der Waals surface area contributed by atoms with E-state index in [0.717, 1.165) is 0 Å². The molecule has 2 aromatic carbocycles. The minimum atomic E-state index is -1.59. The Kier molecular flexibility index (Phi) is 8.54. The Morgan fingerprint density at radius 3 is 2.29 bits per heavy atom. The third kappa shape index (κ3) is 5.66. The average Bonchev–Trinajstić information content (AvgIpc) is 2.87. The molecule has 1 aliphatic heterocycles. The molecule has 1 aliphatic rings. The number of hydrogen-bond donors (Lipinski definition) is 5. The van der Waals surface area contributed by atoms with E-state index in [1.165, 1.54) is 51.7 Å². The molecule has 11 heteroatoms. The number of methoxy groups -OCH3 is 3. The van der Waals surface area contributed by atoms with E-state index < -0.39 is 43.1 Å². The molecule has 190 valence electrons. The summed E-state index contributed by atoms with van der Waals surface area (Å²) in [6.45, 7) is -0.589. The van der Waals surface area contributed by atoms with Gasteiger partial charge in [-0.2, -0.15) is 0 Å². The molecule has 0 saturated carbocycles. The monoisotopic (exact) mass is 492 g/mol. The normalized spacial score (nSPS) is 24.3. The molecule has 11 nitrogen and oxygen atoms in total. The van der Waals surface area contributed by atoms with Gasteiger partial charge in [-0.05, 0) is 23.8 Å². The molecule has 0 aliphatic carbocycles. The molecule has 0 radical (unpaired) electrons. The maximum atomic E-state index is 12.7. The lowest BCUT2D eigenvalue weighted by atomic mass is 9.99. The average molecular weight is 492 g/mol. The Balaban J connectivity index is 1.79. The Hall–Kier alpha value is -3.35. The van der Waals surface area contributed by atoms with Crippen LogP contribution in [-0.2, 0) is 4.74 Å². The van der Waals surface area contributed by atoms with Crippen molar-refractivity contribution in [1.82, 2.24) is 0 Å². The first-order chi connectivity index (χ1) is 16.7. The Morgan fingerprint density at radius 2 is 1.66 bits per heavy atom. The van der Waals surface area contributed by atoms with Gasteiger partial charge in [-0.25, -0.2) is 0 Å². The molecule has 35 heavy (non-hydrogen) atoms. The summed E-state index contributed by atoms with van der Waals surface area (Å²) in [5.41, 5.74) is 0.516. The number of aliphatic hydroxyl groups is 4. The van der Waals surface area contributed by atoms with E-state index in [4.69, 9.17) is 23.7 Å². The van der Waals surface area contributed by atoms with E-state index in [1.54, 1.807) is 12.1 Å². The van der Waals surface area contributed by atoms with Crippen LogP contribution in [0.4, 0.5) is 0 Å². The van der Waals surface area contributed by atoms with Gasteiger partial charge < -0.3 is 49.2 Å². The number of carbonyl (C=O) groups is 1. The lowest BCUT2D eigenvalue weighted by molar-refractivity contribution is -0.277. The summed E-state index contributed by atoms with van der Waals surface area (Å²) in [6.07, 6.45) is -4.44. The van der Waals surface area contributed by atoms with Crippen LogP contribution in [0.2, 0.25) is 0 Å². The molecule has 1 saturated heterocycles. The maximum absolute atomic E-state index is 12.7. The summed E-state index contributed by atoms with van der Waals surface area (Å²) in [7, 11) is 4.18. The van der Waals surface area contributed by atoms with Crippen molar-refractivity contribution >= 4 is 11.9 Å². The zero-order valence-corrected chi connectivity index (χ0v) is 19.3. The molecule has 0 spiro atoms. The van der Waals surface area contributed by atoms with Crippen LogP contribution in [0.25, 0.3) is 6.08 Å². The van der Waals surface area contributed by atoms with Gasteiger partial charge in [-0.15, -0.1) is 0 Å². The number of aliphatic hydroxyl groups excluding tert-OH is 4. The third-order valence-corrected chi connectivity index (χ3v) is 5.46. The number of ether oxygens (including phenoxy) is 5. The molecule has 5 atom stereocenters. The SMILES string of the molecule is COc1cc(O)c(C(=O)/C=C/c2ccc(OC3OC(CO)C(O)C(O)C3O)c(OC)c2)c(OC)c1. The van der Waals surface area contributed by atoms with Crippen LogP contribution in [0.1, 0.15) is 15.9 Å². The molecule has 3 rings (SSSR count). The van der Waals surface area contributed by atoms with Crippen LogP contribution in [-0.4, -0.2) is 90.0 Å². The molecule has 5 N–H and O–H groups in total. The van der Waals surface area contributed by atoms with Gasteiger partial charge >= 0.3 is 0 Å². The van der Waals surface area contributed by atoms with Crippen molar-refractivity contribution in [1.29, 1.82) is 0 Å². The van der Waals surface area contributed by atoms with Gasteiger partial charge in [0.1, 0.15) is 47.2 Å². The Morgan fingerprint density at radius 1 is 0.943 bits per heavy atom. The number of phenolic OH excluding ortho intramolecular Hbond substituents is 1. The number of benzene rings is 2. The fourth-order valence-electron chi connectivity index (χ4n) is 3.53. The Bertz CT molecular complexity index is 1070. The summed E-state index contributed by atoms with van der Waals surface area (Å²) in [5.74, 6) is 0.0486. The first kappa shape index (κ1) is 26.3. The van der Waals surface area contributed by atoms with E-state index >= 15 is 0 Å². The number of aromatic hydroxyl groups is 1. The van der Waals surface area contributed by atoms with Crippen molar-refractivity contribution in [3.63, 3.8) is 0 Å². The lowest BCUT2D eigenvalue weighted by Crippen LogP contribution is -2.60. The molecule has 0 amide bonds. The highest BCUT2D eigenvalue weighted by Crippen LogP contribution is 2.35. The highest BCUT2D eigenvalue weighted by molar-refractivity contribution is 6.10. The fourth-order valence-corrected chi connectivity index (χ4v) is 3.53. The highest BCUT2D eigenvalue weighted by Gasteiger charge is 2.44. The second kappa shape index (κ2) is 11.4. The van der Waals surface area contributed by atoms with E-state index in [0.29, 0.717) is 11.3 Å². The summed E-state index contributed by atoms with van der Waals surface area (Å²) >= 11 is 0. The molecule has 5 unspecified atom stereocenters. The summed E-state index contributed by atoms with van der Waals surface area (Å²) in [6, 6.07) is 7.42. The van der Waals surface area contributed by atoms with Crippen LogP contribution in [0.15, 0.2) is 36.4 Å². The van der Waals surface area contributed by atoms with Crippen molar-refractivity contribution in [2.24, 2.45) is 0 Å². The van der Waals surface area contributed by atoms with Gasteiger partial charge in [0.05, 0.1) is 27.9 Å². The van der Waals surface area contributed by atoms with Crippen LogP contribution < -0.4 is 18.9 Å². The number of hydrogen-bond acceptors (Lipinski definition) is 11. The zero-order valence-electron chi connectivity index (χ0n) is 19.3. The van der Waals surface area contributed by atoms with E-state index in [9.17, 15) is 30.3 Å². The van der Waals surface area contributed by atoms with Gasteiger partial charge in [0.25, 0.3) is 0 Å². The smallest absolute Gasteiger partial charge is 0.229 e. The minimum Gasteiger partial charge on any atom is -0.507 e. The van der Waals surface area contributed by atoms with Gasteiger partial charge in [-0.3, -0.25) is 4.79 Å². The fraction of sp³-hybridized carbons (Fsp3) is 0.375. The van der Waals surface area contributed by atoms with E-state index in [1.807, 2.05) is 0 Å². The lowest BCUT2D eigenvalue weighted by Gasteiger charge is -2.39.